The third kappa shape index (κ3) is 4.89. The van der Waals surface area contributed by atoms with Crippen LogP contribution in [0.3, 0.4) is 0 Å². The molecule has 0 amide bonds. The molecule has 1 aromatic heterocycles. The summed E-state index contributed by atoms with van der Waals surface area (Å²) in [5.41, 5.74) is 12.3. The van der Waals surface area contributed by atoms with E-state index in [0.29, 0.717) is 11.4 Å². The maximum absolute atomic E-state index is 10.4. The third-order valence-corrected chi connectivity index (χ3v) is 11.2. The molecule has 0 saturated heterocycles. The summed E-state index contributed by atoms with van der Waals surface area (Å²) in [5.74, 6) is 0.681. The van der Waals surface area contributed by atoms with Crippen LogP contribution in [-0.4, -0.2) is 9.97 Å². The van der Waals surface area contributed by atoms with E-state index in [4.69, 9.17) is 9.97 Å². The number of aromatic nitrogens is 2. The number of hydrogen-bond acceptors (Lipinski definition) is 4. The highest BCUT2D eigenvalue weighted by Gasteiger charge is 2.35. The fraction of sp³-hybridized carbons (Fsp3) is 0.0889. The van der Waals surface area contributed by atoms with Gasteiger partial charge in [0.2, 0.25) is 0 Å². The van der Waals surface area contributed by atoms with E-state index in [-0.39, 0.29) is 5.41 Å². The van der Waals surface area contributed by atoms with Crippen LogP contribution in [0.5, 0.6) is 0 Å². The predicted molar refractivity (Wildman–Crippen MR) is 201 cm³/mol. The molecule has 9 rings (SSSR count). The van der Waals surface area contributed by atoms with Gasteiger partial charge in [-0.3, -0.25) is 0 Å². The smallest absolute Gasteiger partial charge is 0.160 e. The zero-order valence-electron chi connectivity index (χ0n) is 27.2. The Morgan fingerprint density at radius 1 is 0.673 bits per heavy atom. The minimum atomic E-state index is -0.196. The molecule has 7 aromatic rings. The highest BCUT2D eigenvalue weighted by molar-refractivity contribution is 7.99. The van der Waals surface area contributed by atoms with Crippen LogP contribution < -0.4 is 0 Å². The molecule has 0 unspecified atom stereocenters. The lowest BCUT2D eigenvalue weighted by atomic mass is 9.76. The van der Waals surface area contributed by atoms with Gasteiger partial charge in [-0.25, -0.2) is 9.97 Å². The van der Waals surface area contributed by atoms with Gasteiger partial charge < -0.3 is 0 Å². The second kappa shape index (κ2) is 11.4. The lowest BCUT2D eigenvalue weighted by molar-refractivity contribution is 0.608. The number of rotatable bonds is 4. The van der Waals surface area contributed by atoms with Crippen LogP contribution >= 0.6 is 11.8 Å². The predicted octanol–water partition coefficient (Wildman–Crippen LogP) is 11.5. The monoisotopic (exact) mass is 645 g/mol. The van der Waals surface area contributed by atoms with Crippen LogP contribution in [0.1, 0.15) is 41.7 Å². The quantitative estimate of drug-likeness (QED) is 0.191. The Kier molecular flexibility index (Phi) is 6.86. The molecule has 2 aliphatic rings. The Hall–Kier alpha value is -5.76. The number of allylic oxidation sites excluding steroid dienone is 1. The topological polar surface area (TPSA) is 49.6 Å². The summed E-state index contributed by atoms with van der Waals surface area (Å²) in [6.07, 6.45) is 5.42. The first-order valence-corrected chi connectivity index (χ1v) is 17.4. The van der Waals surface area contributed by atoms with E-state index >= 15 is 0 Å². The van der Waals surface area contributed by atoms with Crippen LogP contribution in [0.15, 0.2) is 143 Å². The van der Waals surface area contributed by atoms with Crippen molar-refractivity contribution in [3.63, 3.8) is 0 Å². The molecular weight excluding hydrogens is 615 g/mol. The zero-order valence-corrected chi connectivity index (χ0v) is 28.1. The summed E-state index contributed by atoms with van der Waals surface area (Å²) in [5, 5.41) is 12.9. The summed E-state index contributed by atoms with van der Waals surface area (Å²) in [7, 11) is 0. The SMILES string of the molecule is CC1(C)c2ccccc2Sc2c1ccc(C#N)c2-c1cccc(-c2cc(-c3cc4c5c(cccc5c3)CC=C4)nc(-c3ccccc3)n2)c1. The molecule has 0 atom stereocenters. The van der Waals surface area contributed by atoms with Gasteiger partial charge in [0.25, 0.3) is 0 Å². The first-order chi connectivity index (χ1) is 24.0. The van der Waals surface area contributed by atoms with Crippen LogP contribution in [0.2, 0.25) is 0 Å². The van der Waals surface area contributed by atoms with Gasteiger partial charge in [-0.05, 0) is 81.4 Å². The van der Waals surface area contributed by atoms with Gasteiger partial charge in [-0.2, -0.15) is 5.26 Å². The van der Waals surface area contributed by atoms with E-state index in [1.165, 1.54) is 37.9 Å². The van der Waals surface area contributed by atoms with Crippen molar-refractivity contribution in [2.75, 3.05) is 0 Å². The maximum Gasteiger partial charge on any atom is 0.160 e. The molecule has 0 N–H and O–H groups in total. The van der Waals surface area contributed by atoms with Gasteiger partial charge in [0.15, 0.2) is 5.82 Å². The molecule has 0 spiro atoms. The first-order valence-electron chi connectivity index (χ1n) is 16.6. The highest BCUT2D eigenvalue weighted by atomic mass is 32.2. The molecule has 3 nitrogen and oxygen atoms in total. The van der Waals surface area contributed by atoms with Gasteiger partial charge in [-0.1, -0.05) is 129 Å². The fourth-order valence-electron chi connectivity index (χ4n) is 7.48. The second-order valence-electron chi connectivity index (χ2n) is 13.3. The number of nitrogens with zero attached hydrogens (tertiary/aromatic N) is 3. The van der Waals surface area contributed by atoms with Crippen LogP contribution in [0, 0.1) is 11.3 Å². The first kappa shape index (κ1) is 29.4. The van der Waals surface area contributed by atoms with Crippen molar-refractivity contribution in [1.82, 2.24) is 9.97 Å². The van der Waals surface area contributed by atoms with Crippen molar-refractivity contribution >= 4 is 28.6 Å². The van der Waals surface area contributed by atoms with E-state index in [2.05, 4.69) is 135 Å². The summed E-state index contributed by atoms with van der Waals surface area (Å²) in [4.78, 5) is 12.7. The average molecular weight is 646 g/mol. The van der Waals surface area contributed by atoms with Crippen LogP contribution in [0.4, 0.5) is 0 Å². The Morgan fingerprint density at radius 2 is 1.43 bits per heavy atom. The summed E-state index contributed by atoms with van der Waals surface area (Å²) in [6, 6.07) is 47.1. The van der Waals surface area contributed by atoms with E-state index in [9.17, 15) is 5.26 Å². The van der Waals surface area contributed by atoms with Crippen LogP contribution in [0.25, 0.3) is 61.9 Å². The molecule has 0 bridgehead atoms. The Balaban J connectivity index is 1.23. The Morgan fingerprint density at radius 3 is 2.29 bits per heavy atom. The van der Waals surface area contributed by atoms with Gasteiger partial charge >= 0.3 is 0 Å². The molecule has 0 saturated carbocycles. The number of fused-ring (bicyclic) bond motifs is 2. The van der Waals surface area contributed by atoms with E-state index in [1.807, 2.05) is 24.3 Å². The van der Waals surface area contributed by atoms with Gasteiger partial charge in [-0.15, -0.1) is 0 Å². The molecule has 1 aliphatic heterocycles. The number of benzene rings is 6. The second-order valence-corrected chi connectivity index (χ2v) is 14.3. The lowest BCUT2D eigenvalue weighted by Crippen LogP contribution is -2.24. The largest absolute Gasteiger partial charge is 0.228 e. The molecule has 4 heteroatoms. The van der Waals surface area contributed by atoms with Gasteiger partial charge in [0, 0.05) is 37.5 Å². The normalized spacial score (nSPS) is 13.8. The van der Waals surface area contributed by atoms with Crippen molar-refractivity contribution in [2.45, 2.75) is 35.5 Å². The molecule has 2 heterocycles. The minimum Gasteiger partial charge on any atom is -0.228 e. The van der Waals surface area contributed by atoms with Crippen molar-refractivity contribution in [3.05, 3.63) is 161 Å². The average Bonchev–Trinajstić information content (AvgIpc) is 3.15. The van der Waals surface area contributed by atoms with E-state index in [1.54, 1.807) is 11.8 Å². The maximum atomic E-state index is 10.4. The molecule has 6 aromatic carbocycles. The Bertz CT molecular complexity index is 2540. The summed E-state index contributed by atoms with van der Waals surface area (Å²) >= 11 is 1.76. The molecule has 0 radical (unpaired) electrons. The summed E-state index contributed by atoms with van der Waals surface area (Å²) in [6.45, 7) is 4.56. The van der Waals surface area contributed by atoms with Gasteiger partial charge in [0.1, 0.15) is 0 Å². The van der Waals surface area contributed by atoms with Crippen molar-refractivity contribution in [2.24, 2.45) is 0 Å². The highest BCUT2D eigenvalue weighted by Crippen LogP contribution is 2.53. The van der Waals surface area contributed by atoms with E-state index in [0.717, 1.165) is 50.5 Å². The molecule has 232 valence electrons. The molecule has 0 fully saturated rings. The van der Waals surface area contributed by atoms with Crippen molar-refractivity contribution in [3.8, 4) is 51.1 Å². The fourth-order valence-corrected chi connectivity index (χ4v) is 9.05. The Labute approximate surface area is 290 Å². The van der Waals surface area contributed by atoms with Gasteiger partial charge in [0.05, 0.1) is 23.0 Å². The molecular formula is C45H31N3S. The van der Waals surface area contributed by atoms with Crippen LogP contribution in [-0.2, 0) is 11.8 Å². The summed E-state index contributed by atoms with van der Waals surface area (Å²) < 4.78 is 0. The molecule has 1 aliphatic carbocycles. The number of nitriles is 1. The molecule has 49 heavy (non-hydrogen) atoms. The number of hydrogen-bond donors (Lipinski definition) is 0. The van der Waals surface area contributed by atoms with E-state index < -0.39 is 0 Å². The zero-order chi connectivity index (χ0) is 33.1. The van der Waals surface area contributed by atoms with Crippen molar-refractivity contribution < 1.29 is 0 Å². The third-order valence-electron chi connectivity index (χ3n) is 9.95. The van der Waals surface area contributed by atoms with Crippen molar-refractivity contribution in [1.29, 1.82) is 5.26 Å². The lowest BCUT2D eigenvalue weighted by Gasteiger charge is -2.35. The standard InChI is InChI=1S/C45H31N3S/c1-45(2)36-19-6-7-20-40(36)49-43-37(45)22-21-34(27-46)42(43)33-18-10-15-30(23-33)38-26-39(48-44(47-38)29-11-4-3-5-12-29)35-24-31-16-8-13-28-14-9-17-32(25-35)41(28)31/h3-13,15-26H,14H2,1-2H3. The minimum absolute atomic E-state index is 0.196.